The molecule has 0 saturated carbocycles. The first-order chi connectivity index (χ1) is 17.9. The number of nitrogens with zero attached hydrogens (tertiary/aromatic N) is 2. The zero-order valence-electron chi connectivity index (χ0n) is 22.1. The molecule has 1 heterocycles. The van der Waals surface area contributed by atoms with E-state index in [1.165, 1.54) is 23.3 Å². The van der Waals surface area contributed by atoms with E-state index in [9.17, 15) is 13.8 Å². The van der Waals surface area contributed by atoms with Gasteiger partial charge in [0.2, 0.25) is 0 Å². The maximum Gasteiger partial charge on any atom is 0.410 e. The van der Waals surface area contributed by atoms with Crippen molar-refractivity contribution in [3.63, 3.8) is 0 Å². The highest BCUT2D eigenvalue weighted by Crippen LogP contribution is 2.39. The van der Waals surface area contributed by atoms with Crippen molar-refractivity contribution >= 4 is 27.7 Å². The molecule has 3 aliphatic rings. The molecule has 1 fully saturated rings. The number of hydrogen-bond donors (Lipinski definition) is 2. The summed E-state index contributed by atoms with van der Waals surface area (Å²) in [5.41, 5.74) is 5.55. The van der Waals surface area contributed by atoms with Crippen molar-refractivity contribution in [1.82, 2.24) is 4.90 Å². The number of carbonyl (C=O) groups excluding carboxylic acids is 2. The first-order valence-electron chi connectivity index (χ1n) is 13.2. The Morgan fingerprint density at radius 2 is 1.76 bits per heavy atom. The minimum atomic E-state index is -3.82. The fourth-order valence-electron chi connectivity index (χ4n) is 5.80. The number of benzene rings is 2. The van der Waals surface area contributed by atoms with Gasteiger partial charge in [-0.1, -0.05) is 12.1 Å². The van der Waals surface area contributed by atoms with Crippen LogP contribution < -0.4 is 10.5 Å². The molecule has 1 saturated heterocycles. The average molecular weight is 543 g/mol. The zero-order valence-corrected chi connectivity index (χ0v) is 23.0. The number of likely N-dealkylation sites (tertiary alicyclic amines) is 1. The molecular formula is C28H35FN4O4S. The summed E-state index contributed by atoms with van der Waals surface area (Å²) in [7, 11) is -3.82. The van der Waals surface area contributed by atoms with Crippen molar-refractivity contribution in [2.24, 2.45) is 9.50 Å². The predicted octanol–water partition coefficient (Wildman–Crippen LogP) is 5.46. The lowest BCUT2D eigenvalue weighted by Gasteiger charge is -2.24. The fraction of sp³-hybridized carbons (Fsp3) is 0.500. The Morgan fingerprint density at radius 1 is 1.11 bits per heavy atom. The van der Waals surface area contributed by atoms with Crippen molar-refractivity contribution < 1.29 is 22.9 Å². The van der Waals surface area contributed by atoms with Gasteiger partial charge in [0.25, 0.3) is 0 Å². The monoisotopic (exact) mass is 542 g/mol. The van der Waals surface area contributed by atoms with Crippen molar-refractivity contribution in [3.8, 4) is 0 Å². The molecule has 0 bridgehead atoms. The lowest BCUT2D eigenvalue weighted by molar-refractivity contribution is 0.0292. The molecule has 10 heteroatoms. The molecule has 0 aromatic heterocycles. The Hall–Kier alpha value is -2.98. The van der Waals surface area contributed by atoms with Gasteiger partial charge >= 0.3 is 12.1 Å². The Morgan fingerprint density at radius 3 is 2.37 bits per heavy atom. The number of nitrogens with one attached hydrogen (secondary N) is 1. The van der Waals surface area contributed by atoms with E-state index in [0.29, 0.717) is 25.1 Å². The average Bonchev–Trinajstić information content (AvgIpc) is 3.57. The summed E-state index contributed by atoms with van der Waals surface area (Å²) in [5.74, 6) is -0.883. The fourth-order valence-corrected chi connectivity index (χ4v) is 6.79. The third kappa shape index (κ3) is 5.42. The summed E-state index contributed by atoms with van der Waals surface area (Å²) in [6, 6.07) is 5.66. The molecule has 5 rings (SSSR count). The number of aryl methyl sites for hydroxylation is 2. The van der Waals surface area contributed by atoms with Crippen LogP contribution in [0.4, 0.5) is 19.7 Å². The highest BCUT2D eigenvalue weighted by molar-refractivity contribution is 7.91. The van der Waals surface area contributed by atoms with Crippen LogP contribution in [0.2, 0.25) is 0 Å². The molecular weight excluding hydrogens is 507 g/mol. The van der Waals surface area contributed by atoms with E-state index in [-0.39, 0.29) is 10.8 Å². The summed E-state index contributed by atoms with van der Waals surface area (Å²) in [5, 5.41) is 8.77. The molecule has 2 aromatic rings. The molecule has 2 atom stereocenters. The smallest absolute Gasteiger partial charge is 0.410 e. The van der Waals surface area contributed by atoms with Gasteiger partial charge in [-0.3, -0.25) is 0 Å². The highest BCUT2D eigenvalue weighted by atomic mass is 32.2. The van der Waals surface area contributed by atoms with Crippen molar-refractivity contribution in [1.29, 1.82) is 0 Å². The number of hydrogen-bond acceptors (Lipinski definition) is 4. The van der Waals surface area contributed by atoms with Crippen LogP contribution in [0.3, 0.4) is 0 Å². The maximum atomic E-state index is 15.2. The summed E-state index contributed by atoms with van der Waals surface area (Å²) < 4.78 is 37.5. The number of urea groups is 1. The number of amides is 3. The van der Waals surface area contributed by atoms with Gasteiger partial charge < -0.3 is 15.0 Å². The number of rotatable bonds is 3. The second-order valence-corrected chi connectivity index (χ2v) is 13.2. The van der Waals surface area contributed by atoms with E-state index >= 15 is 4.39 Å². The predicted molar refractivity (Wildman–Crippen MR) is 144 cm³/mol. The topological polar surface area (TPSA) is 114 Å². The molecule has 3 N–H and O–H groups in total. The van der Waals surface area contributed by atoms with Crippen molar-refractivity contribution in [2.45, 2.75) is 82.1 Å². The number of carbonyl (C=O) groups is 2. The lowest BCUT2D eigenvalue weighted by atomic mass is 9.98. The van der Waals surface area contributed by atoms with Gasteiger partial charge in [-0.25, -0.2) is 23.3 Å². The second-order valence-electron chi connectivity index (χ2n) is 11.4. The van der Waals surface area contributed by atoms with E-state index < -0.39 is 33.5 Å². The van der Waals surface area contributed by atoms with Gasteiger partial charge in [-0.15, -0.1) is 4.36 Å². The molecule has 1 unspecified atom stereocenters. The first kappa shape index (κ1) is 26.6. The number of fused-ring (bicyclic) bond motifs is 2. The van der Waals surface area contributed by atoms with Crippen LogP contribution in [-0.2, 0) is 40.3 Å². The zero-order chi connectivity index (χ0) is 27.2. The molecule has 0 radical (unpaired) electrons. The minimum Gasteiger partial charge on any atom is -0.444 e. The van der Waals surface area contributed by atoms with Gasteiger partial charge in [0.1, 0.15) is 21.3 Å². The number of ether oxygens (including phenoxy) is 1. The molecule has 0 spiro atoms. The van der Waals surface area contributed by atoms with Crippen LogP contribution >= 0.6 is 0 Å². The Bertz CT molecular complexity index is 1390. The number of halogens is 1. The molecule has 2 aliphatic carbocycles. The van der Waals surface area contributed by atoms with E-state index in [1.807, 2.05) is 0 Å². The Kier molecular flexibility index (Phi) is 6.98. The van der Waals surface area contributed by atoms with Gasteiger partial charge in [-0.05, 0) is 106 Å². The third-order valence-electron chi connectivity index (χ3n) is 7.51. The van der Waals surface area contributed by atoms with Crippen LogP contribution in [0.15, 0.2) is 33.5 Å². The standard InChI is InChI=1S/C28H35FN4O4S/c1-28(2,3)37-27(35)33-13-12-20(16-33)17-10-11-24(23(29)15-17)38(30,36)32-26(34)31-25-21-8-4-6-18(21)14-19-7-5-9-22(19)25/h10-11,14-15,20H,4-9,12-13,16H2,1-3H3,(H3,30,31,32,34,36)/t20?,38-/m1/s1. The van der Waals surface area contributed by atoms with Crippen LogP contribution in [-0.4, -0.2) is 39.9 Å². The van der Waals surface area contributed by atoms with Crippen LogP contribution in [0, 0.1) is 5.82 Å². The van der Waals surface area contributed by atoms with Crippen LogP contribution in [0.25, 0.3) is 0 Å². The van der Waals surface area contributed by atoms with Gasteiger partial charge in [0.05, 0.1) is 4.90 Å². The largest absolute Gasteiger partial charge is 0.444 e. The molecule has 38 heavy (non-hydrogen) atoms. The number of anilines is 1. The van der Waals surface area contributed by atoms with Crippen molar-refractivity contribution in [3.05, 3.63) is 57.9 Å². The van der Waals surface area contributed by atoms with Gasteiger partial charge in [-0.2, -0.15) is 0 Å². The quantitative estimate of drug-likeness (QED) is 0.536. The van der Waals surface area contributed by atoms with E-state index in [2.05, 4.69) is 15.7 Å². The summed E-state index contributed by atoms with van der Waals surface area (Å²) in [4.78, 5) is 26.5. The SMILES string of the molecule is CC(C)(C)OC(=O)N1CCC(c2ccc([S@](N)(=O)=NC(=O)Nc3c4c(cc5c3CCC5)CCC4)c(F)c2)C1. The lowest BCUT2D eigenvalue weighted by Crippen LogP contribution is -2.35. The van der Waals surface area contributed by atoms with Gasteiger partial charge in [0.15, 0.2) is 0 Å². The molecule has 8 nitrogen and oxygen atoms in total. The minimum absolute atomic E-state index is 0.0950. The first-order valence-corrected chi connectivity index (χ1v) is 14.8. The maximum absolute atomic E-state index is 15.2. The van der Waals surface area contributed by atoms with E-state index in [4.69, 9.17) is 9.88 Å². The Balaban J connectivity index is 1.32. The van der Waals surface area contributed by atoms with Crippen molar-refractivity contribution in [2.75, 3.05) is 18.4 Å². The summed E-state index contributed by atoms with van der Waals surface area (Å²) in [6.07, 6.45) is 6.00. The van der Waals surface area contributed by atoms with E-state index in [1.54, 1.807) is 31.7 Å². The molecule has 1 aliphatic heterocycles. The van der Waals surface area contributed by atoms with E-state index in [0.717, 1.165) is 55.3 Å². The summed E-state index contributed by atoms with van der Waals surface area (Å²) >= 11 is 0. The van der Waals surface area contributed by atoms with Crippen LogP contribution in [0.5, 0.6) is 0 Å². The molecule has 2 aromatic carbocycles. The number of nitrogens with two attached hydrogens (primary N) is 1. The summed E-state index contributed by atoms with van der Waals surface area (Å²) in [6.45, 7) is 6.31. The molecule has 204 valence electrons. The Labute approximate surface area is 223 Å². The highest BCUT2D eigenvalue weighted by Gasteiger charge is 2.31. The normalized spacial score (nSPS) is 20.0. The third-order valence-corrected chi connectivity index (χ3v) is 8.90. The van der Waals surface area contributed by atoms with Crippen LogP contribution in [0.1, 0.15) is 73.8 Å². The second kappa shape index (κ2) is 9.96. The molecule has 3 amide bonds. The van der Waals surface area contributed by atoms with Gasteiger partial charge in [0, 0.05) is 24.7 Å².